The maximum absolute atomic E-state index is 13.4. The van der Waals surface area contributed by atoms with Gasteiger partial charge in [0, 0.05) is 43.5 Å². The topological polar surface area (TPSA) is 44.8 Å². The van der Waals surface area contributed by atoms with Crippen LogP contribution in [-0.4, -0.2) is 60.8 Å². The van der Waals surface area contributed by atoms with Crippen molar-refractivity contribution in [1.29, 1.82) is 0 Å². The van der Waals surface area contributed by atoms with Crippen LogP contribution < -0.4 is 5.32 Å². The summed E-state index contributed by atoms with van der Waals surface area (Å²) in [5, 5.41) is 3.33. The predicted molar refractivity (Wildman–Crippen MR) is 96.2 cm³/mol. The van der Waals surface area contributed by atoms with Crippen molar-refractivity contribution >= 4 is 11.8 Å². The van der Waals surface area contributed by atoms with Gasteiger partial charge in [-0.15, -0.1) is 0 Å². The normalized spacial score (nSPS) is 22.3. The summed E-state index contributed by atoms with van der Waals surface area (Å²) >= 11 is 0. The van der Waals surface area contributed by atoms with Crippen molar-refractivity contribution in [2.75, 3.05) is 38.1 Å². The molecule has 1 unspecified atom stereocenters. The number of carbonyl (C=O) groups excluding carboxylic acids is 1. The number of nitrogens with one attached hydrogen (secondary N) is 1. The van der Waals surface area contributed by atoms with Crippen LogP contribution in [0.1, 0.15) is 32.6 Å². The first-order valence-corrected chi connectivity index (χ1v) is 9.44. The van der Waals surface area contributed by atoms with E-state index in [2.05, 4.69) is 10.2 Å². The monoisotopic (exact) mass is 367 g/mol. The van der Waals surface area contributed by atoms with E-state index in [9.17, 15) is 13.6 Å². The molecule has 0 radical (unpaired) electrons. The lowest BCUT2D eigenvalue weighted by Gasteiger charge is -2.42. The Morgan fingerprint density at radius 3 is 2.65 bits per heavy atom. The molecule has 0 bridgehead atoms. The summed E-state index contributed by atoms with van der Waals surface area (Å²) in [6.07, 6.45) is 3.74. The number of amides is 1. The van der Waals surface area contributed by atoms with Crippen LogP contribution in [0.25, 0.3) is 0 Å². The first-order valence-electron chi connectivity index (χ1n) is 9.44. The molecule has 2 saturated heterocycles. The lowest BCUT2D eigenvalue weighted by atomic mass is 9.98. The molecular weight excluding hydrogens is 340 g/mol. The molecule has 1 amide bonds. The van der Waals surface area contributed by atoms with Gasteiger partial charge in [-0.3, -0.25) is 4.90 Å². The van der Waals surface area contributed by atoms with Crippen molar-refractivity contribution in [2.45, 2.75) is 44.7 Å². The number of nitrogens with zero attached hydrogens (tertiary/aromatic N) is 2. The zero-order chi connectivity index (χ0) is 18.5. The van der Waals surface area contributed by atoms with Crippen molar-refractivity contribution in [1.82, 2.24) is 9.80 Å². The SMILES string of the molecule is CCOC(=O)N1CCC(N2CCCC(Nc3ccc(F)c(F)c3)C2)CC1. The van der Waals surface area contributed by atoms with Gasteiger partial charge in [0.15, 0.2) is 11.6 Å². The summed E-state index contributed by atoms with van der Waals surface area (Å²) in [5.74, 6) is -1.65. The van der Waals surface area contributed by atoms with E-state index in [-0.39, 0.29) is 12.1 Å². The maximum Gasteiger partial charge on any atom is 0.409 e. The quantitative estimate of drug-likeness (QED) is 0.885. The van der Waals surface area contributed by atoms with E-state index in [1.165, 1.54) is 6.07 Å². The molecule has 3 rings (SSSR count). The second-order valence-electron chi connectivity index (χ2n) is 7.02. The molecule has 1 aromatic carbocycles. The number of rotatable bonds is 4. The summed E-state index contributed by atoms with van der Waals surface area (Å²) in [5.41, 5.74) is 0.618. The summed E-state index contributed by atoms with van der Waals surface area (Å²) in [6, 6.07) is 4.62. The molecule has 144 valence electrons. The summed E-state index contributed by atoms with van der Waals surface area (Å²) in [6.45, 7) is 5.59. The molecule has 5 nitrogen and oxygen atoms in total. The number of likely N-dealkylation sites (tertiary alicyclic amines) is 2. The lowest BCUT2D eigenvalue weighted by Crippen LogP contribution is -2.51. The molecule has 2 heterocycles. The highest BCUT2D eigenvalue weighted by molar-refractivity contribution is 5.67. The average Bonchev–Trinajstić information content (AvgIpc) is 2.65. The summed E-state index contributed by atoms with van der Waals surface area (Å²) < 4.78 is 31.5. The second-order valence-corrected chi connectivity index (χ2v) is 7.02. The highest BCUT2D eigenvalue weighted by Crippen LogP contribution is 2.24. The van der Waals surface area contributed by atoms with Gasteiger partial charge in [-0.25, -0.2) is 13.6 Å². The van der Waals surface area contributed by atoms with E-state index in [4.69, 9.17) is 4.74 Å². The third-order valence-corrected chi connectivity index (χ3v) is 5.25. The largest absolute Gasteiger partial charge is 0.450 e. The van der Waals surface area contributed by atoms with E-state index >= 15 is 0 Å². The standard InChI is InChI=1S/C19H27F2N3O2/c1-2-26-19(25)23-10-7-16(8-11-23)24-9-3-4-15(13-24)22-14-5-6-17(20)18(21)12-14/h5-6,12,15-16,22H,2-4,7-11,13H2,1H3. The molecule has 1 aromatic rings. The number of piperidine rings is 2. The van der Waals surface area contributed by atoms with Gasteiger partial charge in [0.25, 0.3) is 0 Å². The third kappa shape index (κ3) is 4.63. The first kappa shape index (κ1) is 18.9. The van der Waals surface area contributed by atoms with Crippen LogP contribution in [0.15, 0.2) is 18.2 Å². The van der Waals surface area contributed by atoms with Crippen LogP contribution in [0.4, 0.5) is 19.3 Å². The molecule has 0 saturated carbocycles. The van der Waals surface area contributed by atoms with Gasteiger partial charge in [0.1, 0.15) is 0 Å². The minimum atomic E-state index is -0.825. The molecule has 26 heavy (non-hydrogen) atoms. The molecule has 2 aliphatic rings. The number of ether oxygens (including phenoxy) is 1. The fraction of sp³-hybridized carbons (Fsp3) is 0.632. The molecule has 0 aliphatic carbocycles. The zero-order valence-electron chi connectivity index (χ0n) is 15.2. The maximum atomic E-state index is 13.4. The van der Waals surface area contributed by atoms with Gasteiger partial charge in [-0.1, -0.05) is 0 Å². The van der Waals surface area contributed by atoms with Crippen molar-refractivity contribution in [3.8, 4) is 0 Å². The predicted octanol–water partition coefficient (Wildman–Crippen LogP) is 3.46. The Kier molecular flexibility index (Phi) is 6.29. The fourth-order valence-corrected chi connectivity index (χ4v) is 3.91. The molecule has 0 spiro atoms. The minimum absolute atomic E-state index is 0.219. The third-order valence-electron chi connectivity index (χ3n) is 5.25. The highest BCUT2D eigenvalue weighted by atomic mass is 19.2. The number of hydrogen-bond acceptors (Lipinski definition) is 4. The fourth-order valence-electron chi connectivity index (χ4n) is 3.91. The Labute approximate surface area is 153 Å². The smallest absolute Gasteiger partial charge is 0.409 e. The summed E-state index contributed by atoms with van der Waals surface area (Å²) in [4.78, 5) is 16.1. The van der Waals surface area contributed by atoms with E-state index in [1.807, 2.05) is 6.92 Å². The average molecular weight is 367 g/mol. The Hall–Kier alpha value is -1.89. The molecule has 2 fully saturated rings. The number of anilines is 1. The molecule has 0 aromatic heterocycles. The van der Waals surface area contributed by atoms with Crippen LogP contribution in [0.5, 0.6) is 0 Å². The lowest BCUT2D eigenvalue weighted by molar-refractivity contribution is 0.0667. The van der Waals surface area contributed by atoms with E-state index in [0.717, 1.165) is 57.9 Å². The molecule has 2 aliphatic heterocycles. The van der Waals surface area contributed by atoms with Crippen LogP contribution in [-0.2, 0) is 4.74 Å². The Bertz CT molecular complexity index is 621. The van der Waals surface area contributed by atoms with Gasteiger partial charge in [-0.05, 0) is 51.3 Å². The van der Waals surface area contributed by atoms with E-state index < -0.39 is 11.6 Å². The van der Waals surface area contributed by atoms with Gasteiger partial charge < -0.3 is 15.0 Å². The second kappa shape index (κ2) is 8.66. The van der Waals surface area contributed by atoms with E-state index in [1.54, 1.807) is 11.0 Å². The van der Waals surface area contributed by atoms with Gasteiger partial charge in [0.2, 0.25) is 0 Å². The van der Waals surface area contributed by atoms with Crippen LogP contribution in [0.3, 0.4) is 0 Å². The van der Waals surface area contributed by atoms with Gasteiger partial charge >= 0.3 is 6.09 Å². The number of carbonyl (C=O) groups is 1. The molecule has 1 N–H and O–H groups in total. The van der Waals surface area contributed by atoms with Crippen molar-refractivity contribution in [3.63, 3.8) is 0 Å². The van der Waals surface area contributed by atoms with Crippen LogP contribution in [0, 0.1) is 11.6 Å². The molecule has 1 atom stereocenters. The Morgan fingerprint density at radius 1 is 1.19 bits per heavy atom. The number of halogens is 2. The van der Waals surface area contributed by atoms with Crippen molar-refractivity contribution in [2.24, 2.45) is 0 Å². The Balaban J connectivity index is 1.51. The van der Waals surface area contributed by atoms with Crippen molar-refractivity contribution < 1.29 is 18.3 Å². The van der Waals surface area contributed by atoms with Crippen molar-refractivity contribution in [3.05, 3.63) is 29.8 Å². The van der Waals surface area contributed by atoms with Gasteiger partial charge in [0.05, 0.1) is 6.61 Å². The zero-order valence-corrected chi connectivity index (χ0v) is 15.2. The Morgan fingerprint density at radius 2 is 1.96 bits per heavy atom. The van der Waals surface area contributed by atoms with E-state index in [0.29, 0.717) is 18.3 Å². The minimum Gasteiger partial charge on any atom is -0.450 e. The highest BCUT2D eigenvalue weighted by Gasteiger charge is 2.30. The number of hydrogen-bond donors (Lipinski definition) is 1. The molecule has 7 heteroatoms. The number of benzene rings is 1. The van der Waals surface area contributed by atoms with Crippen LogP contribution in [0.2, 0.25) is 0 Å². The first-order chi connectivity index (χ1) is 12.6. The van der Waals surface area contributed by atoms with Crippen LogP contribution >= 0.6 is 0 Å². The summed E-state index contributed by atoms with van der Waals surface area (Å²) in [7, 11) is 0. The molecular formula is C19H27F2N3O2. The van der Waals surface area contributed by atoms with Gasteiger partial charge in [-0.2, -0.15) is 0 Å².